The van der Waals surface area contributed by atoms with Crippen molar-refractivity contribution in [2.45, 2.75) is 6.23 Å². The quantitative estimate of drug-likeness (QED) is 0.705. The highest BCUT2D eigenvalue weighted by molar-refractivity contribution is 5.85. The third kappa shape index (κ3) is 1.50. The van der Waals surface area contributed by atoms with Gasteiger partial charge in [0.25, 0.3) is 0 Å². The lowest BCUT2D eigenvalue weighted by Gasteiger charge is -2.12. The van der Waals surface area contributed by atoms with Gasteiger partial charge in [-0.05, 0) is 17.8 Å². The van der Waals surface area contributed by atoms with Crippen LogP contribution in [0.3, 0.4) is 0 Å². The van der Waals surface area contributed by atoms with Crippen molar-refractivity contribution in [3.8, 4) is 0 Å². The summed E-state index contributed by atoms with van der Waals surface area (Å²) < 4.78 is 0. The number of rotatable bonds is 2. The summed E-state index contributed by atoms with van der Waals surface area (Å²) >= 11 is 0. The molecule has 2 heteroatoms. The van der Waals surface area contributed by atoms with Crippen LogP contribution in [0, 0.1) is 0 Å². The van der Waals surface area contributed by atoms with E-state index in [1.807, 2.05) is 42.5 Å². The third-order valence-corrected chi connectivity index (χ3v) is 2.39. The first-order chi connectivity index (χ1) is 6.83. The van der Waals surface area contributed by atoms with Crippen molar-refractivity contribution >= 4 is 10.8 Å². The van der Waals surface area contributed by atoms with Crippen LogP contribution in [0.25, 0.3) is 10.8 Å². The normalized spacial score (nSPS) is 13.0. The minimum Gasteiger partial charge on any atom is -0.374 e. The van der Waals surface area contributed by atoms with Crippen LogP contribution in [0.2, 0.25) is 0 Å². The molecule has 0 saturated carbocycles. The second-order valence-corrected chi connectivity index (χ2v) is 3.26. The zero-order valence-electron chi connectivity index (χ0n) is 8.07. The summed E-state index contributed by atoms with van der Waals surface area (Å²) in [6, 6.07) is 14.0. The number of aliphatic hydroxyl groups is 1. The van der Waals surface area contributed by atoms with E-state index >= 15 is 0 Å². The molecule has 2 nitrogen and oxygen atoms in total. The lowest BCUT2D eigenvalue weighted by Crippen LogP contribution is -2.15. The van der Waals surface area contributed by atoms with Gasteiger partial charge in [0.05, 0.1) is 0 Å². The molecule has 0 aromatic heterocycles. The summed E-state index contributed by atoms with van der Waals surface area (Å²) in [6.45, 7) is 0. The first-order valence-corrected chi connectivity index (χ1v) is 4.66. The number of aliphatic hydroxyl groups excluding tert-OH is 1. The summed E-state index contributed by atoms with van der Waals surface area (Å²) in [5.74, 6) is 0. The topological polar surface area (TPSA) is 32.3 Å². The van der Waals surface area contributed by atoms with Gasteiger partial charge in [0.15, 0.2) is 0 Å². The molecule has 0 aliphatic rings. The summed E-state index contributed by atoms with van der Waals surface area (Å²) in [7, 11) is 1.74. The Balaban J connectivity index is 2.65. The van der Waals surface area contributed by atoms with Crippen molar-refractivity contribution in [3.63, 3.8) is 0 Å². The summed E-state index contributed by atoms with van der Waals surface area (Å²) in [4.78, 5) is 0. The summed E-state index contributed by atoms with van der Waals surface area (Å²) in [5, 5.41) is 14.8. The van der Waals surface area contributed by atoms with Crippen LogP contribution in [0.15, 0.2) is 42.5 Å². The van der Waals surface area contributed by atoms with Gasteiger partial charge in [-0.15, -0.1) is 0 Å². The van der Waals surface area contributed by atoms with Crippen LogP contribution in [0.4, 0.5) is 0 Å². The predicted molar refractivity (Wildman–Crippen MR) is 58.0 cm³/mol. The van der Waals surface area contributed by atoms with Crippen LogP contribution in [-0.2, 0) is 0 Å². The molecule has 0 aliphatic carbocycles. The average Bonchev–Trinajstić information content (AvgIpc) is 2.27. The number of hydrogen-bond acceptors (Lipinski definition) is 2. The molecule has 0 saturated heterocycles. The molecule has 0 heterocycles. The highest BCUT2D eigenvalue weighted by Gasteiger charge is 2.07. The van der Waals surface area contributed by atoms with Crippen molar-refractivity contribution < 1.29 is 5.11 Å². The van der Waals surface area contributed by atoms with Crippen LogP contribution in [0.1, 0.15) is 11.8 Å². The fraction of sp³-hybridized carbons (Fsp3) is 0.167. The van der Waals surface area contributed by atoms with E-state index in [4.69, 9.17) is 0 Å². The Morgan fingerprint density at radius 1 is 1.07 bits per heavy atom. The van der Waals surface area contributed by atoms with Crippen molar-refractivity contribution in [1.82, 2.24) is 5.32 Å². The van der Waals surface area contributed by atoms with Crippen LogP contribution in [0.5, 0.6) is 0 Å². The SMILES string of the molecule is CNC(O)c1cccc2ccccc12. The van der Waals surface area contributed by atoms with E-state index in [1.165, 1.54) is 0 Å². The maximum atomic E-state index is 9.72. The highest BCUT2D eigenvalue weighted by Crippen LogP contribution is 2.22. The number of hydrogen-bond donors (Lipinski definition) is 2. The van der Waals surface area contributed by atoms with E-state index in [2.05, 4.69) is 5.32 Å². The first-order valence-electron chi connectivity index (χ1n) is 4.66. The Morgan fingerprint density at radius 3 is 2.57 bits per heavy atom. The van der Waals surface area contributed by atoms with Gasteiger partial charge < -0.3 is 5.11 Å². The van der Waals surface area contributed by atoms with Gasteiger partial charge in [0.2, 0.25) is 0 Å². The standard InChI is InChI=1S/C12H13NO/c1-13-12(14)11-8-4-6-9-5-2-3-7-10(9)11/h2-8,12-14H,1H3. The largest absolute Gasteiger partial charge is 0.374 e. The van der Waals surface area contributed by atoms with E-state index in [-0.39, 0.29) is 0 Å². The molecule has 1 unspecified atom stereocenters. The number of benzene rings is 2. The van der Waals surface area contributed by atoms with Crippen molar-refractivity contribution in [3.05, 3.63) is 48.0 Å². The van der Waals surface area contributed by atoms with Gasteiger partial charge in [-0.1, -0.05) is 42.5 Å². The van der Waals surface area contributed by atoms with Crippen molar-refractivity contribution in [1.29, 1.82) is 0 Å². The molecule has 0 fully saturated rings. The first kappa shape index (κ1) is 9.19. The van der Waals surface area contributed by atoms with Crippen LogP contribution in [-0.4, -0.2) is 12.2 Å². The van der Waals surface area contributed by atoms with Crippen LogP contribution >= 0.6 is 0 Å². The van der Waals surface area contributed by atoms with Crippen LogP contribution < -0.4 is 5.32 Å². The molecule has 0 amide bonds. The second kappa shape index (κ2) is 3.78. The van der Waals surface area contributed by atoms with Gasteiger partial charge in [-0.25, -0.2) is 0 Å². The lowest BCUT2D eigenvalue weighted by atomic mass is 10.0. The van der Waals surface area contributed by atoms with Crippen molar-refractivity contribution in [2.75, 3.05) is 7.05 Å². The molecular formula is C12H13NO. The second-order valence-electron chi connectivity index (χ2n) is 3.26. The van der Waals surface area contributed by atoms with Gasteiger partial charge in [-0.2, -0.15) is 0 Å². The zero-order chi connectivity index (χ0) is 9.97. The molecule has 0 radical (unpaired) electrons. The molecular weight excluding hydrogens is 174 g/mol. The lowest BCUT2D eigenvalue weighted by molar-refractivity contribution is 0.151. The number of fused-ring (bicyclic) bond motifs is 1. The predicted octanol–water partition coefficient (Wildman–Crippen LogP) is 2.05. The molecule has 0 spiro atoms. The Kier molecular flexibility index (Phi) is 2.48. The molecule has 1 atom stereocenters. The maximum Gasteiger partial charge on any atom is 0.131 e. The van der Waals surface area contributed by atoms with E-state index in [1.54, 1.807) is 7.05 Å². The molecule has 2 aromatic rings. The Morgan fingerprint density at radius 2 is 1.79 bits per heavy atom. The van der Waals surface area contributed by atoms with Gasteiger partial charge in [-0.3, -0.25) is 5.32 Å². The highest BCUT2D eigenvalue weighted by atomic mass is 16.3. The zero-order valence-corrected chi connectivity index (χ0v) is 8.07. The Labute approximate surface area is 83.2 Å². The fourth-order valence-electron chi connectivity index (χ4n) is 1.64. The minimum absolute atomic E-state index is 0.596. The van der Waals surface area contributed by atoms with E-state index in [9.17, 15) is 5.11 Å². The van der Waals surface area contributed by atoms with Crippen molar-refractivity contribution in [2.24, 2.45) is 0 Å². The fourth-order valence-corrected chi connectivity index (χ4v) is 1.64. The Hall–Kier alpha value is -1.38. The molecule has 2 N–H and O–H groups in total. The molecule has 72 valence electrons. The van der Waals surface area contributed by atoms with E-state index < -0.39 is 6.23 Å². The summed E-state index contributed by atoms with van der Waals surface area (Å²) in [5.41, 5.74) is 0.922. The maximum absolute atomic E-state index is 9.72. The minimum atomic E-state index is -0.596. The van der Waals surface area contributed by atoms with E-state index in [0.717, 1.165) is 16.3 Å². The molecule has 2 rings (SSSR count). The van der Waals surface area contributed by atoms with E-state index in [0.29, 0.717) is 0 Å². The molecule has 0 bridgehead atoms. The average molecular weight is 187 g/mol. The number of nitrogens with one attached hydrogen (secondary N) is 1. The molecule has 14 heavy (non-hydrogen) atoms. The smallest absolute Gasteiger partial charge is 0.131 e. The molecule has 0 aliphatic heterocycles. The van der Waals surface area contributed by atoms with Gasteiger partial charge in [0.1, 0.15) is 6.23 Å². The molecule has 2 aromatic carbocycles. The Bertz CT molecular complexity index is 434. The summed E-state index contributed by atoms with van der Waals surface area (Å²) in [6.07, 6.45) is -0.596. The third-order valence-electron chi connectivity index (χ3n) is 2.39. The van der Waals surface area contributed by atoms with Gasteiger partial charge in [0, 0.05) is 5.56 Å². The monoisotopic (exact) mass is 187 g/mol. The van der Waals surface area contributed by atoms with Gasteiger partial charge >= 0.3 is 0 Å².